The Labute approximate surface area is 203 Å². The summed E-state index contributed by atoms with van der Waals surface area (Å²) in [6, 6.07) is 14.2. The quantitative estimate of drug-likeness (QED) is 0.641. The Balaban J connectivity index is 1.17. The Morgan fingerprint density at radius 2 is 1.77 bits per heavy atom. The second-order valence-corrected chi connectivity index (χ2v) is 9.25. The first-order valence-corrected chi connectivity index (χ1v) is 12.0. The number of piperidine rings is 2. The number of nitrogens with zero attached hydrogens (tertiary/aromatic N) is 2. The first-order valence-electron chi connectivity index (χ1n) is 12.0. The Kier molecular flexibility index (Phi) is 6.50. The number of hydrogen-bond acceptors (Lipinski definition) is 6. The molecule has 4 amide bonds. The van der Waals surface area contributed by atoms with Crippen LogP contribution in [0.4, 0.5) is 4.79 Å². The number of hydrogen-bond donors (Lipinski definition) is 2. The lowest BCUT2D eigenvalue weighted by Gasteiger charge is -2.32. The molecule has 0 aliphatic carbocycles. The number of benzene rings is 2. The van der Waals surface area contributed by atoms with Crippen molar-refractivity contribution in [2.24, 2.45) is 0 Å². The average Bonchev–Trinajstić information content (AvgIpc) is 3.18. The standard InChI is InChI=1S/C26H28N4O5/c31-22-10-9-21(24(32)28-22)30-16-18-6-4-5-17(23(18)25(30)33)15-29-13-11-19(12-14-29)27-26(34)35-20-7-2-1-3-8-20/h1-8,19,21H,9-16H2,(H,27,34)(H,28,31,32). The minimum atomic E-state index is -0.613. The predicted octanol–water partition coefficient (Wildman–Crippen LogP) is 2.20. The fourth-order valence-corrected chi connectivity index (χ4v) is 5.09. The summed E-state index contributed by atoms with van der Waals surface area (Å²) in [5.74, 6) is -0.326. The number of nitrogens with one attached hydrogen (secondary N) is 2. The Hall–Kier alpha value is -3.72. The fraction of sp³-hybridized carbons (Fsp3) is 0.385. The monoisotopic (exact) mass is 476 g/mol. The van der Waals surface area contributed by atoms with Crippen molar-refractivity contribution in [2.45, 2.75) is 50.9 Å². The second-order valence-electron chi connectivity index (χ2n) is 9.25. The highest BCUT2D eigenvalue weighted by Gasteiger charge is 2.40. The molecule has 2 fully saturated rings. The van der Waals surface area contributed by atoms with E-state index in [1.807, 2.05) is 36.4 Å². The molecule has 0 bridgehead atoms. The largest absolute Gasteiger partial charge is 0.412 e. The van der Waals surface area contributed by atoms with Crippen molar-refractivity contribution in [1.82, 2.24) is 20.4 Å². The number of carbonyl (C=O) groups is 4. The zero-order valence-electron chi connectivity index (χ0n) is 19.4. The van der Waals surface area contributed by atoms with Crippen molar-refractivity contribution in [2.75, 3.05) is 13.1 Å². The molecule has 0 radical (unpaired) electrons. The number of imide groups is 1. The Bertz CT molecular complexity index is 1140. The topological polar surface area (TPSA) is 108 Å². The van der Waals surface area contributed by atoms with Crippen molar-refractivity contribution in [3.05, 3.63) is 65.2 Å². The van der Waals surface area contributed by atoms with Gasteiger partial charge in [-0.1, -0.05) is 36.4 Å². The van der Waals surface area contributed by atoms with Crippen LogP contribution in [0.5, 0.6) is 5.75 Å². The van der Waals surface area contributed by atoms with Gasteiger partial charge < -0.3 is 15.0 Å². The molecule has 0 saturated carbocycles. The highest BCUT2D eigenvalue weighted by Crippen LogP contribution is 2.31. The molecule has 0 spiro atoms. The van der Waals surface area contributed by atoms with Crippen LogP contribution in [0.25, 0.3) is 0 Å². The van der Waals surface area contributed by atoms with Crippen LogP contribution in [-0.4, -0.2) is 58.8 Å². The van der Waals surface area contributed by atoms with E-state index in [0.29, 0.717) is 30.8 Å². The van der Waals surface area contributed by atoms with Crippen molar-refractivity contribution in [1.29, 1.82) is 0 Å². The second kappa shape index (κ2) is 9.87. The molecule has 1 atom stereocenters. The third kappa shape index (κ3) is 5.05. The molecule has 2 aromatic carbocycles. The Morgan fingerprint density at radius 3 is 2.51 bits per heavy atom. The van der Waals surface area contributed by atoms with Gasteiger partial charge in [0.2, 0.25) is 11.8 Å². The number of para-hydroxylation sites is 1. The van der Waals surface area contributed by atoms with E-state index in [1.165, 1.54) is 0 Å². The van der Waals surface area contributed by atoms with Crippen LogP contribution < -0.4 is 15.4 Å². The van der Waals surface area contributed by atoms with E-state index in [0.717, 1.165) is 37.1 Å². The van der Waals surface area contributed by atoms with Crippen molar-refractivity contribution in [3.63, 3.8) is 0 Å². The van der Waals surface area contributed by atoms with Gasteiger partial charge in [0.05, 0.1) is 0 Å². The van der Waals surface area contributed by atoms with Crippen LogP contribution in [0.15, 0.2) is 48.5 Å². The first kappa shape index (κ1) is 23.0. The van der Waals surface area contributed by atoms with Crippen LogP contribution in [0.2, 0.25) is 0 Å². The van der Waals surface area contributed by atoms with Gasteiger partial charge in [-0.25, -0.2) is 4.79 Å². The lowest BCUT2D eigenvalue weighted by atomic mass is 10.00. The van der Waals surface area contributed by atoms with Crippen LogP contribution >= 0.6 is 0 Å². The van der Waals surface area contributed by atoms with Crippen LogP contribution in [-0.2, 0) is 22.7 Å². The lowest BCUT2D eigenvalue weighted by molar-refractivity contribution is -0.136. The molecule has 5 rings (SSSR count). The molecule has 9 nitrogen and oxygen atoms in total. The third-order valence-electron chi connectivity index (χ3n) is 6.90. The first-order chi connectivity index (χ1) is 17.0. The molecule has 2 aromatic rings. The highest BCUT2D eigenvalue weighted by molar-refractivity contribution is 6.06. The molecule has 182 valence electrons. The highest BCUT2D eigenvalue weighted by atomic mass is 16.6. The van der Waals surface area contributed by atoms with E-state index in [-0.39, 0.29) is 24.3 Å². The Morgan fingerprint density at radius 1 is 1.00 bits per heavy atom. The van der Waals surface area contributed by atoms with Crippen LogP contribution in [0, 0.1) is 0 Å². The third-order valence-corrected chi connectivity index (χ3v) is 6.90. The number of carbonyl (C=O) groups excluding carboxylic acids is 4. The van der Waals surface area contributed by atoms with Gasteiger partial charge >= 0.3 is 6.09 Å². The summed E-state index contributed by atoms with van der Waals surface area (Å²) in [6.07, 6.45) is 1.72. The fourth-order valence-electron chi connectivity index (χ4n) is 5.09. The van der Waals surface area contributed by atoms with E-state index in [2.05, 4.69) is 15.5 Å². The normalized spacial score (nSPS) is 21.0. The molecule has 3 aliphatic heterocycles. The molecule has 2 saturated heterocycles. The summed E-state index contributed by atoms with van der Waals surface area (Å²) in [7, 11) is 0. The smallest absolute Gasteiger partial charge is 0.410 e. The van der Waals surface area contributed by atoms with Gasteiger partial charge in [-0.2, -0.15) is 0 Å². The molecule has 3 aliphatic rings. The minimum absolute atomic E-state index is 0.0357. The number of fused-ring (bicyclic) bond motifs is 1. The van der Waals surface area contributed by atoms with Gasteiger partial charge in [0.1, 0.15) is 11.8 Å². The van der Waals surface area contributed by atoms with Crippen molar-refractivity contribution >= 4 is 23.8 Å². The lowest BCUT2D eigenvalue weighted by Crippen LogP contribution is -2.52. The number of rotatable bonds is 5. The van der Waals surface area contributed by atoms with Crippen LogP contribution in [0.1, 0.15) is 47.2 Å². The molecule has 35 heavy (non-hydrogen) atoms. The predicted molar refractivity (Wildman–Crippen MR) is 126 cm³/mol. The number of ether oxygens (including phenoxy) is 1. The van der Waals surface area contributed by atoms with E-state index in [1.54, 1.807) is 17.0 Å². The van der Waals surface area contributed by atoms with E-state index < -0.39 is 18.0 Å². The van der Waals surface area contributed by atoms with Crippen LogP contribution in [0.3, 0.4) is 0 Å². The number of likely N-dealkylation sites (tertiary alicyclic amines) is 1. The molecule has 3 heterocycles. The maximum atomic E-state index is 13.3. The SMILES string of the molecule is O=C1CCC(N2Cc3cccc(CN4CCC(NC(=O)Oc5ccccc5)CC4)c3C2=O)C(=O)N1. The van der Waals surface area contributed by atoms with E-state index in [4.69, 9.17) is 4.74 Å². The zero-order valence-corrected chi connectivity index (χ0v) is 19.4. The van der Waals surface area contributed by atoms with Gasteiger partial charge in [0, 0.05) is 44.2 Å². The number of amides is 4. The molecule has 9 heteroatoms. The summed E-state index contributed by atoms with van der Waals surface area (Å²) >= 11 is 0. The molecule has 0 aromatic heterocycles. The van der Waals surface area contributed by atoms with E-state index in [9.17, 15) is 19.2 Å². The molecule has 1 unspecified atom stereocenters. The minimum Gasteiger partial charge on any atom is -0.410 e. The maximum absolute atomic E-state index is 13.3. The van der Waals surface area contributed by atoms with Gasteiger partial charge in [-0.05, 0) is 42.5 Å². The summed E-state index contributed by atoms with van der Waals surface area (Å²) in [5, 5.41) is 5.29. The van der Waals surface area contributed by atoms with Gasteiger partial charge in [0.25, 0.3) is 5.91 Å². The summed E-state index contributed by atoms with van der Waals surface area (Å²) < 4.78 is 5.32. The molecular formula is C26H28N4O5. The summed E-state index contributed by atoms with van der Waals surface area (Å²) in [6.45, 7) is 2.57. The maximum Gasteiger partial charge on any atom is 0.412 e. The van der Waals surface area contributed by atoms with Gasteiger partial charge in [-0.15, -0.1) is 0 Å². The van der Waals surface area contributed by atoms with E-state index >= 15 is 0 Å². The molecule has 2 N–H and O–H groups in total. The van der Waals surface area contributed by atoms with Crippen molar-refractivity contribution < 1.29 is 23.9 Å². The zero-order chi connectivity index (χ0) is 24.4. The van der Waals surface area contributed by atoms with Gasteiger partial charge in [0.15, 0.2) is 0 Å². The summed E-state index contributed by atoms with van der Waals surface area (Å²) in [4.78, 5) is 53.2. The summed E-state index contributed by atoms with van der Waals surface area (Å²) in [5.41, 5.74) is 2.53. The molecular weight excluding hydrogens is 448 g/mol. The van der Waals surface area contributed by atoms with Crippen molar-refractivity contribution in [3.8, 4) is 5.75 Å². The average molecular weight is 477 g/mol. The van der Waals surface area contributed by atoms with Gasteiger partial charge in [-0.3, -0.25) is 24.6 Å².